The number of aliphatic hydroxyl groups is 1. The lowest BCUT2D eigenvalue weighted by atomic mass is 10.3. The summed E-state index contributed by atoms with van der Waals surface area (Å²) in [6.45, 7) is 5.14. The van der Waals surface area contributed by atoms with Crippen LogP contribution in [0.2, 0.25) is 0 Å². The van der Waals surface area contributed by atoms with Gasteiger partial charge in [0.05, 0.1) is 13.2 Å². The SMILES string of the molecule is CC(C)N(CCO)Cc1ccc(C(=O)O)o1. The van der Waals surface area contributed by atoms with Crippen LogP contribution in [0.5, 0.6) is 0 Å². The third-order valence-corrected chi connectivity index (χ3v) is 2.35. The van der Waals surface area contributed by atoms with Crippen LogP contribution in [-0.4, -0.2) is 40.3 Å². The summed E-state index contributed by atoms with van der Waals surface area (Å²) >= 11 is 0. The number of aromatic carboxylic acids is 1. The monoisotopic (exact) mass is 227 g/mol. The van der Waals surface area contributed by atoms with Gasteiger partial charge < -0.3 is 14.6 Å². The first-order valence-corrected chi connectivity index (χ1v) is 5.21. The molecule has 0 aliphatic rings. The summed E-state index contributed by atoms with van der Waals surface area (Å²) in [7, 11) is 0. The van der Waals surface area contributed by atoms with Crippen LogP contribution in [0, 0.1) is 0 Å². The maximum absolute atomic E-state index is 10.6. The predicted molar refractivity (Wildman–Crippen MR) is 58.3 cm³/mol. The minimum absolute atomic E-state index is 0.0531. The van der Waals surface area contributed by atoms with Gasteiger partial charge in [-0.2, -0.15) is 0 Å². The van der Waals surface area contributed by atoms with E-state index in [0.29, 0.717) is 18.8 Å². The third-order valence-electron chi connectivity index (χ3n) is 2.35. The Bertz CT molecular complexity index is 346. The van der Waals surface area contributed by atoms with Crippen molar-refractivity contribution in [2.24, 2.45) is 0 Å². The molecule has 1 heterocycles. The van der Waals surface area contributed by atoms with Gasteiger partial charge in [-0.3, -0.25) is 4.90 Å². The van der Waals surface area contributed by atoms with E-state index in [1.165, 1.54) is 6.07 Å². The lowest BCUT2D eigenvalue weighted by molar-refractivity contribution is 0.0656. The summed E-state index contributed by atoms with van der Waals surface area (Å²) in [5.74, 6) is -0.522. The molecule has 0 fully saturated rings. The standard InChI is InChI=1S/C11H17NO4/c1-8(2)12(5-6-13)7-9-3-4-10(16-9)11(14)15/h3-4,8,13H,5-7H2,1-2H3,(H,14,15). The van der Waals surface area contributed by atoms with Gasteiger partial charge in [-0.1, -0.05) is 0 Å². The highest BCUT2D eigenvalue weighted by Crippen LogP contribution is 2.12. The average molecular weight is 227 g/mol. The molecule has 1 aromatic heterocycles. The van der Waals surface area contributed by atoms with Gasteiger partial charge >= 0.3 is 5.97 Å². The summed E-state index contributed by atoms with van der Waals surface area (Å²) in [6.07, 6.45) is 0. The molecule has 0 saturated heterocycles. The molecule has 0 saturated carbocycles. The molecular formula is C11H17NO4. The molecule has 0 unspecified atom stereocenters. The van der Waals surface area contributed by atoms with Crippen molar-refractivity contribution in [3.05, 3.63) is 23.7 Å². The molecule has 0 atom stereocenters. The first-order chi connectivity index (χ1) is 7.54. The Labute approximate surface area is 94.3 Å². The van der Waals surface area contributed by atoms with E-state index in [9.17, 15) is 4.79 Å². The van der Waals surface area contributed by atoms with Crippen LogP contribution in [0.25, 0.3) is 0 Å². The Balaban J connectivity index is 2.66. The van der Waals surface area contributed by atoms with E-state index in [0.717, 1.165) is 0 Å². The lowest BCUT2D eigenvalue weighted by Gasteiger charge is -2.24. The molecule has 0 aliphatic heterocycles. The molecule has 5 heteroatoms. The highest BCUT2D eigenvalue weighted by Gasteiger charge is 2.14. The molecule has 1 rings (SSSR count). The minimum atomic E-state index is -1.07. The number of hydrogen-bond acceptors (Lipinski definition) is 4. The summed E-state index contributed by atoms with van der Waals surface area (Å²) < 4.78 is 5.15. The zero-order chi connectivity index (χ0) is 12.1. The Morgan fingerprint density at radius 2 is 2.19 bits per heavy atom. The van der Waals surface area contributed by atoms with Gasteiger partial charge in [0.2, 0.25) is 5.76 Å². The van der Waals surface area contributed by atoms with E-state index >= 15 is 0 Å². The number of carbonyl (C=O) groups is 1. The molecule has 16 heavy (non-hydrogen) atoms. The van der Waals surface area contributed by atoms with Crippen LogP contribution < -0.4 is 0 Å². The van der Waals surface area contributed by atoms with E-state index in [1.54, 1.807) is 6.07 Å². The van der Waals surface area contributed by atoms with Gasteiger partial charge in [-0.25, -0.2) is 4.79 Å². The number of nitrogens with zero attached hydrogens (tertiary/aromatic N) is 1. The zero-order valence-electron chi connectivity index (χ0n) is 9.51. The van der Waals surface area contributed by atoms with Gasteiger partial charge in [0.25, 0.3) is 0 Å². The molecule has 90 valence electrons. The van der Waals surface area contributed by atoms with Gasteiger partial charge in [0, 0.05) is 12.6 Å². The minimum Gasteiger partial charge on any atom is -0.475 e. The number of aliphatic hydroxyl groups excluding tert-OH is 1. The summed E-state index contributed by atoms with van der Waals surface area (Å²) in [6, 6.07) is 3.36. The van der Waals surface area contributed by atoms with Crippen molar-refractivity contribution < 1.29 is 19.4 Å². The van der Waals surface area contributed by atoms with Crippen LogP contribution in [0.15, 0.2) is 16.5 Å². The highest BCUT2D eigenvalue weighted by atomic mass is 16.4. The molecule has 0 amide bonds. The van der Waals surface area contributed by atoms with E-state index < -0.39 is 5.97 Å². The summed E-state index contributed by atoms with van der Waals surface area (Å²) in [4.78, 5) is 12.6. The van der Waals surface area contributed by atoms with E-state index in [2.05, 4.69) is 0 Å². The molecule has 5 nitrogen and oxygen atoms in total. The Morgan fingerprint density at radius 1 is 1.50 bits per heavy atom. The van der Waals surface area contributed by atoms with Crippen molar-refractivity contribution in [3.8, 4) is 0 Å². The van der Waals surface area contributed by atoms with Crippen molar-refractivity contribution in [3.63, 3.8) is 0 Å². The average Bonchev–Trinajstić information content (AvgIpc) is 2.65. The second-order valence-corrected chi connectivity index (χ2v) is 3.86. The van der Waals surface area contributed by atoms with Crippen molar-refractivity contribution >= 4 is 5.97 Å². The fourth-order valence-corrected chi connectivity index (χ4v) is 1.43. The van der Waals surface area contributed by atoms with Gasteiger partial charge in [-0.05, 0) is 26.0 Å². The van der Waals surface area contributed by atoms with Crippen molar-refractivity contribution in [1.29, 1.82) is 0 Å². The molecule has 0 radical (unpaired) electrons. The fraction of sp³-hybridized carbons (Fsp3) is 0.545. The number of furan rings is 1. The molecule has 1 aromatic rings. The smallest absolute Gasteiger partial charge is 0.371 e. The lowest BCUT2D eigenvalue weighted by Crippen LogP contribution is -2.32. The Kier molecular flexibility index (Phi) is 4.52. The van der Waals surface area contributed by atoms with Crippen LogP contribution in [0.4, 0.5) is 0 Å². The van der Waals surface area contributed by atoms with Gasteiger partial charge in [0.15, 0.2) is 0 Å². The molecule has 0 aromatic carbocycles. The summed E-state index contributed by atoms with van der Waals surface area (Å²) in [5.41, 5.74) is 0. The first-order valence-electron chi connectivity index (χ1n) is 5.21. The van der Waals surface area contributed by atoms with Crippen molar-refractivity contribution in [1.82, 2.24) is 4.90 Å². The Hall–Kier alpha value is -1.33. The maximum atomic E-state index is 10.6. The first kappa shape index (κ1) is 12.7. The largest absolute Gasteiger partial charge is 0.475 e. The van der Waals surface area contributed by atoms with Crippen LogP contribution in [-0.2, 0) is 6.54 Å². The van der Waals surface area contributed by atoms with E-state index in [4.69, 9.17) is 14.6 Å². The number of carboxylic acids is 1. The molecule has 2 N–H and O–H groups in total. The topological polar surface area (TPSA) is 73.9 Å². The highest BCUT2D eigenvalue weighted by molar-refractivity contribution is 5.84. The predicted octanol–water partition coefficient (Wildman–Crippen LogP) is 1.18. The third kappa shape index (κ3) is 3.36. The van der Waals surface area contributed by atoms with Crippen molar-refractivity contribution in [2.45, 2.75) is 26.4 Å². The second-order valence-electron chi connectivity index (χ2n) is 3.86. The quantitative estimate of drug-likeness (QED) is 0.763. The summed E-state index contributed by atoms with van der Waals surface area (Å²) in [5, 5.41) is 17.6. The molecule has 0 spiro atoms. The number of hydrogen-bond donors (Lipinski definition) is 2. The normalized spacial score (nSPS) is 11.3. The van der Waals surface area contributed by atoms with Crippen LogP contribution >= 0.6 is 0 Å². The van der Waals surface area contributed by atoms with Gasteiger partial charge in [-0.15, -0.1) is 0 Å². The zero-order valence-corrected chi connectivity index (χ0v) is 9.51. The van der Waals surface area contributed by atoms with Crippen molar-refractivity contribution in [2.75, 3.05) is 13.2 Å². The molecule has 0 aliphatic carbocycles. The van der Waals surface area contributed by atoms with E-state index in [-0.39, 0.29) is 18.4 Å². The van der Waals surface area contributed by atoms with E-state index in [1.807, 2.05) is 18.7 Å². The number of carboxylic acid groups (broad SMARTS) is 1. The molecular weight excluding hydrogens is 210 g/mol. The van der Waals surface area contributed by atoms with Crippen LogP contribution in [0.1, 0.15) is 30.2 Å². The fourth-order valence-electron chi connectivity index (χ4n) is 1.43. The molecule has 0 bridgehead atoms. The van der Waals surface area contributed by atoms with Gasteiger partial charge in [0.1, 0.15) is 5.76 Å². The second kappa shape index (κ2) is 5.67. The maximum Gasteiger partial charge on any atom is 0.371 e. The van der Waals surface area contributed by atoms with Crippen LogP contribution in [0.3, 0.4) is 0 Å². The number of rotatable bonds is 6. The Morgan fingerprint density at radius 3 is 2.62 bits per heavy atom.